The molecule has 23 heavy (non-hydrogen) atoms. The molecule has 0 saturated carbocycles. The van der Waals surface area contributed by atoms with Gasteiger partial charge < -0.3 is 15.5 Å². The number of hydrogen-bond donors (Lipinski definition) is 2. The Bertz CT molecular complexity index is 584. The fourth-order valence-electron chi connectivity index (χ4n) is 3.39. The van der Waals surface area contributed by atoms with Crippen LogP contribution < -0.4 is 15.5 Å². The second kappa shape index (κ2) is 6.71. The van der Waals surface area contributed by atoms with Gasteiger partial charge in [0.15, 0.2) is 0 Å². The molecule has 1 aromatic carbocycles. The second-order valence-corrected chi connectivity index (χ2v) is 6.83. The van der Waals surface area contributed by atoms with Crippen LogP contribution in [0.3, 0.4) is 0 Å². The van der Waals surface area contributed by atoms with Gasteiger partial charge in [-0.15, -0.1) is 0 Å². The molecule has 3 rings (SSSR count). The Kier molecular flexibility index (Phi) is 4.66. The molecule has 0 radical (unpaired) electrons. The van der Waals surface area contributed by atoms with E-state index in [0.29, 0.717) is 18.9 Å². The van der Waals surface area contributed by atoms with Gasteiger partial charge in [-0.05, 0) is 44.5 Å². The van der Waals surface area contributed by atoms with Crippen LogP contribution in [0.1, 0.15) is 25.3 Å². The van der Waals surface area contributed by atoms with E-state index in [1.54, 1.807) is 4.90 Å². The van der Waals surface area contributed by atoms with Crippen molar-refractivity contribution < 1.29 is 9.59 Å². The van der Waals surface area contributed by atoms with E-state index in [2.05, 4.69) is 17.6 Å². The van der Waals surface area contributed by atoms with Gasteiger partial charge in [-0.3, -0.25) is 9.59 Å². The Hall–Kier alpha value is -1.88. The smallest absolute Gasteiger partial charge is 0.227 e. The lowest BCUT2D eigenvalue weighted by atomic mass is 9.94. The van der Waals surface area contributed by atoms with Crippen LogP contribution in [0.25, 0.3) is 0 Å². The molecule has 5 nitrogen and oxygen atoms in total. The van der Waals surface area contributed by atoms with E-state index >= 15 is 0 Å². The zero-order valence-electron chi connectivity index (χ0n) is 13.8. The number of benzene rings is 1. The van der Waals surface area contributed by atoms with Crippen LogP contribution in [0.15, 0.2) is 24.3 Å². The van der Waals surface area contributed by atoms with Crippen molar-refractivity contribution in [2.24, 2.45) is 11.8 Å². The van der Waals surface area contributed by atoms with Gasteiger partial charge in [-0.2, -0.15) is 0 Å². The molecule has 2 aliphatic rings. The Morgan fingerprint density at radius 1 is 1.30 bits per heavy atom. The van der Waals surface area contributed by atoms with Gasteiger partial charge in [0, 0.05) is 24.7 Å². The Labute approximate surface area is 137 Å². The zero-order chi connectivity index (χ0) is 16.4. The molecule has 0 aromatic heterocycles. The third-order valence-corrected chi connectivity index (χ3v) is 4.95. The average Bonchev–Trinajstić information content (AvgIpc) is 2.92. The van der Waals surface area contributed by atoms with Crippen molar-refractivity contribution in [1.82, 2.24) is 10.6 Å². The van der Waals surface area contributed by atoms with Crippen molar-refractivity contribution in [2.45, 2.75) is 32.7 Å². The van der Waals surface area contributed by atoms with Crippen molar-refractivity contribution in [3.05, 3.63) is 29.8 Å². The van der Waals surface area contributed by atoms with Crippen LogP contribution in [0, 0.1) is 18.8 Å². The van der Waals surface area contributed by atoms with Crippen LogP contribution in [0.4, 0.5) is 5.69 Å². The molecule has 2 amide bonds. The van der Waals surface area contributed by atoms with Gasteiger partial charge in [0.1, 0.15) is 0 Å². The van der Waals surface area contributed by atoms with Gasteiger partial charge in [0.25, 0.3) is 0 Å². The van der Waals surface area contributed by atoms with E-state index in [1.807, 2.05) is 31.2 Å². The first-order valence-electron chi connectivity index (χ1n) is 8.42. The summed E-state index contributed by atoms with van der Waals surface area (Å²) in [6.07, 6.45) is 1.26. The van der Waals surface area contributed by atoms with Gasteiger partial charge in [0.2, 0.25) is 11.8 Å². The predicted octanol–water partition coefficient (Wildman–Crippen LogP) is 1.46. The number of piperidine rings is 1. The Morgan fingerprint density at radius 2 is 2.04 bits per heavy atom. The first kappa shape index (κ1) is 16.0. The standard InChI is InChI=1S/C18H25N3O2/c1-12-3-5-15(6-4-12)21-11-14(9-17(21)22)18(23)20-16-7-8-19-10-13(16)2/h3-6,13-14,16,19H,7-11H2,1-2H3,(H,20,23). The number of amides is 2. The Balaban J connectivity index is 1.62. The molecule has 2 heterocycles. The summed E-state index contributed by atoms with van der Waals surface area (Å²) >= 11 is 0. The SMILES string of the molecule is Cc1ccc(N2CC(C(=O)NC3CCNCC3C)CC2=O)cc1. The van der Waals surface area contributed by atoms with Gasteiger partial charge in [-0.1, -0.05) is 24.6 Å². The van der Waals surface area contributed by atoms with Crippen LogP contribution in [0.2, 0.25) is 0 Å². The maximum Gasteiger partial charge on any atom is 0.227 e. The monoisotopic (exact) mass is 315 g/mol. The summed E-state index contributed by atoms with van der Waals surface area (Å²) in [5.74, 6) is 0.239. The number of rotatable bonds is 3. The molecular formula is C18H25N3O2. The van der Waals surface area contributed by atoms with Gasteiger partial charge in [0.05, 0.1) is 5.92 Å². The minimum absolute atomic E-state index is 0.0201. The number of carbonyl (C=O) groups is 2. The number of nitrogens with zero attached hydrogens (tertiary/aromatic N) is 1. The Morgan fingerprint density at radius 3 is 2.74 bits per heavy atom. The maximum atomic E-state index is 12.5. The predicted molar refractivity (Wildman–Crippen MR) is 90.2 cm³/mol. The molecule has 0 spiro atoms. The molecule has 0 aliphatic carbocycles. The van der Waals surface area contributed by atoms with Crippen molar-refractivity contribution in [2.75, 3.05) is 24.5 Å². The summed E-state index contributed by atoms with van der Waals surface area (Å²) in [4.78, 5) is 26.5. The molecule has 1 aromatic rings. The van der Waals surface area contributed by atoms with Crippen molar-refractivity contribution in [3.63, 3.8) is 0 Å². The average molecular weight is 315 g/mol. The molecule has 5 heteroatoms. The minimum Gasteiger partial charge on any atom is -0.353 e. The first-order chi connectivity index (χ1) is 11.0. The van der Waals surface area contributed by atoms with E-state index in [1.165, 1.54) is 0 Å². The zero-order valence-corrected chi connectivity index (χ0v) is 13.8. The van der Waals surface area contributed by atoms with E-state index < -0.39 is 0 Å². The highest BCUT2D eigenvalue weighted by Gasteiger charge is 2.36. The van der Waals surface area contributed by atoms with E-state index in [0.717, 1.165) is 30.8 Å². The van der Waals surface area contributed by atoms with Crippen LogP contribution >= 0.6 is 0 Å². The fraction of sp³-hybridized carbons (Fsp3) is 0.556. The van der Waals surface area contributed by atoms with Gasteiger partial charge in [-0.25, -0.2) is 0 Å². The molecule has 0 bridgehead atoms. The third kappa shape index (κ3) is 3.55. The minimum atomic E-state index is -0.245. The fourth-order valence-corrected chi connectivity index (χ4v) is 3.39. The lowest BCUT2D eigenvalue weighted by Crippen LogP contribution is -2.50. The quantitative estimate of drug-likeness (QED) is 0.888. The summed E-state index contributed by atoms with van der Waals surface area (Å²) in [5.41, 5.74) is 2.04. The molecule has 2 saturated heterocycles. The second-order valence-electron chi connectivity index (χ2n) is 6.83. The largest absolute Gasteiger partial charge is 0.353 e. The molecule has 2 fully saturated rings. The summed E-state index contributed by atoms with van der Waals surface area (Å²) < 4.78 is 0. The molecular weight excluding hydrogens is 290 g/mol. The van der Waals surface area contributed by atoms with Crippen LogP contribution in [0.5, 0.6) is 0 Å². The highest BCUT2D eigenvalue weighted by Crippen LogP contribution is 2.26. The number of anilines is 1. The van der Waals surface area contributed by atoms with E-state index in [-0.39, 0.29) is 23.8 Å². The lowest BCUT2D eigenvalue weighted by Gasteiger charge is -2.31. The third-order valence-electron chi connectivity index (χ3n) is 4.95. The first-order valence-corrected chi connectivity index (χ1v) is 8.42. The van der Waals surface area contributed by atoms with Crippen molar-refractivity contribution >= 4 is 17.5 Å². The maximum absolute atomic E-state index is 12.5. The van der Waals surface area contributed by atoms with Crippen molar-refractivity contribution in [3.8, 4) is 0 Å². The molecule has 2 N–H and O–H groups in total. The van der Waals surface area contributed by atoms with Crippen LogP contribution in [-0.2, 0) is 9.59 Å². The highest BCUT2D eigenvalue weighted by atomic mass is 16.2. The summed E-state index contributed by atoms with van der Waals surface area (Å²) in [7, 11) is 0. The van der Waals surface area contributed by atoms with Crippen molar-refractivity contribution in [1.29, 1.82) is 0 Å². The number of carbonyl (C=O) groups excluding carboxylic acids is 2. The summed E-state index contributed by atoms with van der Waals surface area (Å²) in [6.45, 7) is 6.52. The number of nitrogens with one attached hydrogen (secondary N) is 2. The molecule has 3 atom stereocenters. The normalized spacial score (nSPS) is 28.0. The number of aryl methyl sites for hydroxylation is 1. The summed E-state index contributed by atoms with van der Waals surface area (Å²) in [5, 5.41) is 6.49. The highest BCUT2D eigenvalue weighted by molar-refractivity contribution is 6.00. The van der Waals surface area contributed by atoms with Crippen LogP contribution in [-0.4, -0.2) is 37.5 Å². The number of hydrogen-bond acceptors (Lipinski definition) is 3. The summed E-state index contributed by atoms with van der Waals surface area (Å²) in [6, 6.07) is 8.09. The van der Waals surface area contributed by atoms with E-state index in [9.17, 15) is 9.59 Å². The molecule has 3 unspecified atom stereocenters. The molecule has 2 aliphatic heterocycles. The lowest BCUT2D eigenvalue weighted by molar-refractivity contribution is -0.127. The topological polar surface area (TPSA) is 61.4 Å². The van der Waals surface area contributed by atoms with E-state index in [4.69, 9.17) is 0 Å². The molecule has 124 valence electrons. The van der Waals surface area contributed by atoms with Gasteiger partial charge >= 0.3 is 0 Å².